The van der Waals surface area contributed by atoms with Crippen molar-refractivity contribution in [2.75, 3.05) is 9.73 Å². The third-order valence-electron chi connectivity index (χ3n) is 5.29. The Morgan fingerprint density at radius 2 is 1.59 bits per heavy atom. The van der Waals surface area contributed by atoms with E-state index < -0.39 is 44.4 Å². The molecule has 37 heavy (non-hydrogen) atoms. The van der Waals surface area contributed by atoms with E-state index in [4.69, 9.17) is 0 Å². The van der Waals surface area contributed by atoms with Crippen LogP contribution in [0.1, 0.15) is 27.6 Å². The van der Waals surface area contributed by atoms with Gasteiger partial charge in [-0.1, -0.05) is 30.3 Å². The first kappa shape index (κ1) is 25.2. The lowest BCUT2D eigenvalue weighted by Gasteiger charge is -2.12. The zero-order valence-electron chi connectivity index (χ0n) is 19.1. The number of benzene rings is 3. The van der Waals surface area contributed by atoms with Crippen molar-refractivity contribution in [3.8, 4) is 0 Å². The van der Waals surface area contributed by atoms with Crippen LogP contribution in [-0.2, 0) is 14.8 Å². The normalized spacial score (nSPS) is 15.6. The number of amides is 1. The molecular formula is C24H19N5O7S. The molecule has 0 bridgehead atoms. The molecule has 13 heteroatoms. The van der Waals surface area contributed by atoms with E-state index in [2.05, 4.69) is 20.1 Å². The molecular weight excluding hydrogens is 502 g/mol. The summed E-state index contributed by atoms with van der Waals surface area (Å²) >= 11 is 0. The first-order valence-corrected chi connectivity index (χ1v) is 12.1. The Bertz CT molecular complexity index is 1570. The van der Waals surface area contributed by atoms with E-state index in [0.717, 1.165) is 18.2 Å². The minimum Gasteiger partial charge on any atom is -0.478 e. The van der Waals surface area contributed by atoms with Crippen LogP contribution in [0.2, 0.25) is 0 Å². The van der Waals surface area contributed by atoms with Gasteiger partial charge in [0.2, 0.25) is 0 Å². The second-order valence-electron chi connectivity index (χ2n) is 7.79. The standard InChI is InChI=1S/C24H19N5O7S/c1-14-21(22(30)29(27-14)15-7-3-2-4-8-15)26-25-19-12-11-16(13-18(19)24(33)34)37(35,36)28-20-10-6-5-9-17(20)23(31)32/h2-13,21,28H,1H3,(H,31,32)(H,33,34). The number of hydrogen-bond acceptors (Lipinski definition) is 8. The first-order chi connectivity index (χ1) is 17.6. The van der Waals surface area contributed by atoms with Crippen LogP contribution < -0.4 is 9.73 Å². The van der Waals surface area contributed by atoms with Crippen LogP contribution in [0.4, 0.5) is 17.1 Å². The van der Waals surface area contributed by atoms with Gasteiger partial charge in [-0.25, -0.2) is 18.0 Å². The van der Waals surface area contributed by atoms with Crippen molar-refractivity contribution in [1.82, 2.24) is 0 Å². The molecule has 0 saturated carbocycles. The quantitative estimate of drug-likeness (QED) is 0.378. The van der Waals surface area contributed by atoms with Gasteiger partial charge in [-0.3, -0.25) is 9.52 Å². The molecule has 3 N–H and O–H groups in total. The number of hydrazone groups is 1. The minimum atomic E-state index is -4.36. The molecule has 0 fully saturated rings. The fourth-order valence-electron chi connectivity index (χ4n) is 3.47. The van der Waals surface area contributed by atoms with Gasteiger partial charge in [-0.05, 0) is 49.4 Å². The summed E-state index contributed by atoms with van der Waals surface area (Å²) in [6.07, 6.45) is 0. The maximum Gasteiger partial charge on any atom is 0.338 e. The number of para-hydroxylation sites is 2. The second-order valence-corrected chi connectivity index (χ2v) is 9.47. The highest BCUT2D eigenvalue weighted by atomic mass is 32.2. The number of anilines is 2. The van der Waals surface area contributed by atoms with Crippen molar-refractivity contribution in [2.45, 2.75) is 17.9 Å². The van der Waals surface area contributed by atoms with Crippen LogP contribution in [0.25, 0.3) is 0 Å². The number of carboxylic acid groups (broad SMARTS) is 2. The fourth-order valence-corrected chi connectivity index (χ4v) is 4.57. The number of nitrogens with one attached hydrogen (secondary N) is 1. The Labute approximate surface area is 210 Å². The highest BCUT2D eigenvalue weighted by Gasteiger charge is 2.34. The molecule has 1 atom stereocenters. The number of rotatable bonds is 8. The average Bonchev–Trinajstić information content (AvgIpc) is 3.16. The Morgan fingerprint density at radius 3 is 2.27 bits per heavy atom. The van der Waals surface area contributed by atoms with Gasteiger partial charge >= 0.3 is 11.9 Å². The molecule has 1 heterocycles. The first-order valence-electron chi connectivity index (χ1n) is 10.7. The predicted molar refractivity (Wildman–Crippen MR) is 133 cm³/mol. The highest BCUT2D eigenvalue weighted by molar-refractivity contribution is 7.92. The van der Waals surface area contributed by atoms with E-state index in [-0.39, 0.29) is 16.9 Å². The topological polar surface area (TPSA) is 178 Å². The van der Waals surface area contributed by atoms with Gasteiger partial charge in [0.1, 0.15) is 0 Å². The van der Waals surface area contributed by atoms with E-state index >= 15 is 0 Å². The Hall–Kier alpha value is -4.91. The number of nitrogens with zero attached hydrogens (tertiary/aromatic N) is 4. The Kier molecular flexibility index (Phi) is 6.80. The van der Waals surface area contributed by atoms with Gasteiger partial charge in [-0.15, -0.1) is 0 Å². The fraction of sp³-hybridized carbons (Fsp3) is 0.0833. The molecule has 4 rings (SSSR count). The van der Waals surface area contributed by atoms with Gasteiger partial charge in [0, 0.05) is 0 Å². The van der Waals surface area contributed by atoms with Crippen molar-refractivity contribution < 1.29 is 33.0 Å². The molecule has 3 aromatic rings. The molecule has 12 nitrogen and oxygen atoms in total. The molecule has 0 radical (unpaired) electrons. The number of hydrogen-bond donors (Lipinski definition) is 3. The van der Waals surface area contributed by atoms with Crippen molar-refractivity contribution in [2.24, 2.45) is 15.3 Å². The zero-order valence-corrected chi connectivity index (χ0v) is 20.0. The molecule has 1 aliphatic rings. The second kappa shape index (κ2) is 9.99. The zero-order chi connectivity index (χ0) is 26.7. The van der Waals surface area contributed by atoms with Crippen LogP contribution in [0.3, 0.4) is 0 Å². The molecule has 0 saturated heterocycles. The summed E-state index contributed by atoms with van der Waals surface area (Å²) in [5, 5.41) is 32.2. The van der Waals surface area contributed by atoms with Crippen molar-refractivity contribution in [1.29, 1.82) is 0 Å². The molecule has 1 amide bonds. The predicted octanol–water partition coefficient (Wildman–Crippen LogP) is 3.76. The highest BCUT2D eigenvalue weighted by Crippen LogP contribution is 2.28. The van der Waals surface area contributed by atoms with Crippen molar-refractivity contribution >= 4 is 50.6 Å². The van der Waals surface area contributed by atoms with Crippen molar-refractivity contribution in [3.63, 3.8) is 0 Å². The summed E-state index contributed by atoms with van der Waals surface area (Å²) in [5.41, 5.74) is -0.266. The SMILES string of the molecule is CC1=NN(c2ccccc2)C(=O)C1N=Nc1ccc(S(=O)(=O)Nc2ccccc2C(=O)O)cc1C(=O)O. The third-order valence-corrected chi connectivity index (χ3v) is 6.65. The molecule has 1 aliphatic heterocycles. The molecule has 0 aromatic heterocycles. The summed E-state index contributed by atoms with van der Waals surface area (Å²) in [6.45, 7) is 1.58. The van der Waals surface area contributed by atoms with Crippen LogP contribution in [0.5, 0.6) is 0 Å². The lowest BCUT2D eigenvalue weighted by Crippen LogP contribution is -2.29. The van der Waals surface area contributed by atoms with E-state index in [9.17, 15) is 33.0 Å². The van der Waals surface area contributed by atoms with Crippen LogP contribution in [-0.4, -0.2) is 48.2 Å². The third kappa shape index (κ3) is 5.21. The lowest BCUT2D eigenvalue weighted by molar-refractivity contribution is -0.117. The summed E-state index contributed by atoms with van der Waals surface area (Å²) in [7, 11) is -4.36. The Morgan fingerprint density at radius 1 is 0.946 bits per heavy atom. The number of carboxylic acids is 2. The van der Waals surface area contributed by atoms with E-state index in [1.54, 1.807) is 37.3 Å². The van der Waals surface area contributed by atoms with Gasteiger partial charge in [0.15, 0.2) is 6.04 Å². The van der Waals surface area contributed by atoms with Crippen LogP contribution in [0, 0.1) is 0 Å². The van der Waals surface area contributed by atoms with Gasteiger partial charge < -0.3 is 10.2 Å². The van der Waals surface area contributed by atoms with Gasteiger partial charge in [0.05, 0.1) is 38.8 Å². The molecule has 3 aromatic carbocycles. The van der Waals surface area contributed by atoms with Gasteiger partial charge in [-0.2, -0.15) is 20.3 Å². The maximum absolute atomic E-state index is 12.9. The molecule has 0 aliphatic carbocycles. The number of carbonyl (C=O) groups is 3. The number of carbonyl (C=O) groups excluding carboxylic acids is 1. The molecule has 0 spiro atoms. The molecule has 188 valence electrons. The number of azo groups is 1. The van der Waals surface area contributed by atoms with E-state index in [0.29, 0.717) is 11.4 Å². The van der Waals surface area contributed by atoms with Crippen molar-refractivity contribution in [3.05, 3.63) is 83.9 Å². The summed E-state index contributed by atoms with van der Waals surface area (Å²) in [5.74, 6) is -3.30. The maximum atomic E-state index is 12.9. The summed E-state index contributed by atoms with van der Waals surface area (Å²) < 4.78 is 27.9. The smallest absolute Gasteiger partial charge is 0.338 e. The molecule has 1 unspecified atom stereocenters. The van der Waals surface area contributed by atoms with Gasteiger partial charge in [0.25, 0.3) is 15.9 Å². The monoisotopic (exact) mass is 521 g/mol. The number of aromatic carboxylic acids is 2. The minimum absolute atomic E-state index is 0.184. The van der Waals surface area contributed by atoms with Crippen LogP contribution in [0.15, 0.2) is 93.0 Å². The average molecular weight is 522 g/mol. The largest absolute Gasteiger partial charge is 0.478 e. The number of sulfonamides is 1. The Balaban J connectivity index is 1.61. The lowest BCUT2D eigenvalue weighted by atomic mass is 10.2. The van der Waals surface area contributed by atoms with Crippen LogP contribution >= 0.6 is 0 Å². The van der Waals surface area contributed by atoms with E-state index in [1.807, 2.05) is 0 Å². The summed E-state index contributed by atoms with van der Waals surface area (Å²) in [6, 6.07) is 16.0. The summed E-state index contributed by atoms with van der Waals surface area (Å²) in [4.78, 5) is 35.6. The van der Waals surface area contributed by atoms with E-state index in [1.165, 1.54) is 29.3 Å².